The molecular weight excluding hydrogens is 930 g/mol. The van der Waals surface area contributed by atoms with Crippen LogP contribution in [0.2, 0.25) is 0 Å². The highest BCUT2D eigenvalue weighted by atomic mass is 19.4. The van der Waals surface area contributed by atoms with Crippen molar-refractivity contribution in [1.82, 2.24) is 24.8 Å². The third-order valence-corrected chi connectivity index (χ3v) is 14.9. The molecule has 7 heterocycles. The number of amides is 1. The Hall–Kier alpha value is -6.21. The average molecular weight is 988 g/mol. The number of hydrogen-bond donors (Lipinski definition) is 0. The summed E-state index contributed by atoms with van der Waals surface area (Å²) < 4.78 is 118. The average Bonchev–Trinajstić information content (AvgIpc) is 3.97. The minimum atomic E-state index is -5.18. The van der Waals surface area contributed by atoms with Gasteiger partial charge in [-0.05, 0) is 114 Å². The Morgan fingerprint density at radius 1 is 0.930 bits per heavy atom. The molecule has 2 bridgehead atoms. The lowest BCUT2D eigenvalue weighted by atomic mass is 9.84. The van der Waals surface area contributed by atoms with E-state index in [1.807, 2.05) is 11.9 Å². The number of piperazine rings is 1. The first kappa shape index (κ1) is 48.4. The normalized spacial score (nSPS) is 23.8. The van der Waals surface area contributed by atoms with Crippen molar-refractivity contribution in [2.24, 2.45) is 5.41 Å². The number of halogens is 5. The predicted molar refractivity (Wildman–Crippen MR) is 254 cm³/mol. The van der Waals surface area contributed by atoms with Crippen LogP contribution in [0.4, 0.5) is 38.3 Å². The number of aromatic nitrogens is 3. The molecule has 5 aliphatic rings. The minimum Gasteiger partial charge on any atom is -0.497 e. The Kier molecular flexibility index (Phi) is 12.4. The van der Waals surface area contributed by atoms with Crippen LogP contribution >= 0.6 is 0 Å². The van der Waals surface area contributed by atoms with Gasteiger partial charge in [0.1, 0.15) is 58.0 Å². The number of hydrogen-bond acceptors (Lipinski definition) is 13. The zero-order chi connectivity index (χ0) is 50.3. The fourth-order valence-corrected chi connectivity index (χ4v) is 11.4. The summed E-state index contributed by atoms with van der Waals surface area (Å²) in [6, 6.07) is 13.6. The molecule has 0 aliphatic carbocycles. The predicted octanol–water partition coefficient (Wildman–Crippen LogP) is 9.36. The molecule has 19 heteroatoms. The van der Waals surface area contributed by atoms with Crippen molar-refractivity contribution in [3.8, 4) is 34.6 Å². The molecule has 5 aliphatic heterocycles. The molecule has 0 saturated carbocycles. The lowest BCUT2D eigenvalue weighted by molar-refractivity contribution is -0.137. The van der Waals surface area contributed by atoms with Crippen molar-refractivity contribution >= 4 is 28.5 Å². The van der Waals surface area contributed by atoms with Crippen molar-refractivity contribution in [3.05, 3.63) is 88.5 Å². The molecule has 2 unspecified atom stereocenters. The van der Waals surface area contributed by atoms with E-state index in [9.17, 15) is 4.79 Å². The maximum Gasteiger partial charge on any atom is 0.417 e. The molecule has 6 atom stereocenters. The zero-order valence-electron chi connectivity index (χ0n) is 41.0. The Balaban J connectivity index is 1.15. The van der Waals surface area contributed by atoms with Gasteiger partial charge in [-0.3, -0.25) is 4.90 Å². The van der Waals surface area contributed by atoms with Crippen LogP contribution in [0.1, 0.15) is 69.2 Å². The van der Waals surface area contributed by atoms with Gasteiger partial charge >= 0.3 is 18.3 Å². The molecule has 3 aromatic carbocycles. The summed E-state index contributed by atoms with van der Waals surface area (Å²) in [5.74, 6) is -1.19. The number of nitrogens with zero attached hydrogens (tertiary/aromatic N) is 7. The van der Waals surface area contributed by atoms with Gasteiger partial charge in [0.05, 0.1) is 56.8 Å². The monoisotopic (exact) mass is 987 g/mol. The Morgan fingerprint density at radius 3 is 2.21 bits per heavy atom. The standard InChI is InChI=1S/C52H58F5N7O7/c1-28-40(52(55,56)57)35(21-37(41(28)53)62(22-30-9-14-33(66-7)15-10-30)23-31-11-16-34(67-8)17-12-31)43-42(54)44-39-46(60-48(59-44)69-27-51-19-20-61(6)38(51)25-68-26-51)63-24-32-13-18-36(45(63)29(2)70-47(39)58-43)64(32)49(65)71-50(3,4)5/h9-12,14-17,21,29,32,36,38,45H,13,18-20,22-27H2,1-8H3/t29-,32+,36-,38?,45+,51?/m0/s1. The van der Waals surface area contributed by atoms with E-state index in [0.717, 1.165) is 26.0 Å². The molecule has 5 aromatic rings. The van der Waals surface area contributed by atoms with Crippen LogP contribution in [-0.2, 0) is 28.7 Å². The smallest absolute Gasteiger partial charge is 0.417 e. The molecule has 0 radical (unpaired) electrons. The summed E-state index contributed by atoms with van der Waals surface area (Å²) in [5.41, 5.74) is -4.02. The van der Waals surface area contributed by atoms with Crippen molar-refractivity contribution in [2.75, 3.05) is 64.0 Å². The summed E-state index contributed by atoms with van der Waals surface area (Å²) in [4.78, 5) is 35.6. The number of likely N-dealkylation sites (tertiary alicyclic amines) is 1. The van der Waals surface area contributed by atoms with Crippen LogP contribution in [0, 0.1) is 24.0 Å². The number of methoxy groups -OCH3 is 2. The van der Waals surface area contributed by atoms with E-state index < -0.39 is 75.5 Å². The van der Waals surface area contributed by atoms with E-state index in [1.165, 1.54) is 14.2 Å². The van der Waals surface area contributed by atoms with Crippen LogP contribution in [0.5, 0.6) is 23.4 Å². The van der Waals surface area contributed by atoms with Crippen molar-refractivity contribution < 1.29 is 55.2 Å². The van der Waals surface area contributed by atoms with Gasteiger partial charge in [0, 0.05) is 36.7 Å². The molecule has 1 amide bonds. The first-order chi connectivity index (χ1) is 33.8. The third kappa shape index (κ3) is 8.75. The van der Waals surface area contributed by atoms with E-state index in [2.05, 4.69) is 14.9 Å². The molecule has 71 heavy (non-hydrogen) atoms. The number of ether oxygens (including phenoxy) is 6. The number of anilines is 2. The highest BCUT2D eigenvalue weighted by molar-refractivity contribution is 5.98. The van der Waals surface area contributed by atoms with Gasteiger partial charge in [0.15, 0.2) is 5.82 Å². The maximum atomic E-state index is 18.1. The largest absolute Gasteiger partial charge is 0.497 e. The van der Waals surface area contributed by atoms with Gasteiger partial charge in [0.25, 0.3) is 0 Å². The second-order valence-electron chi connectivity index (χ2n) is 20.5. The second-order valence-corrected chi connectivity index (χ2v) is 20.5. The highest BCUT2D eigenvalue weighted by Gasteiger charge is 2.55. The molecule has 2 aromatic heterocycles. The summed E-state index contributed by atoms with van der Waals surface area (Å²) in [5, 5.41) is 0.0344. The number of carbonyl (C=O) groups is 1. The van der Waals surface area contributed by atoms with Crippen LogP contribution in [-0.4, -0.2) is 121 Å². The van der Waals surface area contributed by atoms with E-state index in [-0.39, 0.29) is 72.6 Å². The fourth-order valence-electron chi connectivity index (χ4n) is 11.4. The van der Waals surface area contributed by atoms with Crippen LogP contribution in [0.25, 0.3) is 22.2 Å². The summed E-state index contributed by atoms with van der Waals surface area (Å²) in [6.45, 7) is 10.4. The Bertz CT molecular complexity index is 2800. The third-order valence-electron chi connectivity index (χ3n) is 14.9. The van der Waals surface area contributed by atoms with Crippen LogP contribution in [0.15, 0.2) is 54.6 Å². The Morgan fingerprint density at radius 2 is 1.59 bits per heavy atom. The van der Waals surface area contributed by atoms with E-state index >= 15 is 22.0 Å². The lowest BCUT2D eigenvalue weighted by Crippen LogP contribution is -2.65. The van der Waals surface area contributed by atoms with E-state index in [1.54, 1.807) is 86.0 Å². The fraction of sp³-hybridized carbons (Fsp3) is 0.500. The maximum absolute atomic E-state index is 18.1. The van der Waals surface area contributed by atoms with Crippen molar-refractivity contribution in [3.63, 3.8) is 0 Å². The first-order valence-corrected chi connectivity index (χ1v) is 24.0. The van der Waals surface area contributed by atoms with Crippen LogP contribution < -0.4 is 28.7 Å². The number of likely N-dealkylation sites (N-methyl/N-ethyl adjacent to an activating group) is 1. The van der Waals surface area contributed by atoms with Gasteiger partial charge < -0.3 is 43.1 Å². The lowest BCUT2D eigenvalue weighted by Gasteiger charge is -2.48. The van der Waals surface area contributed by atoms with Gasteiger partial charge in [-0.1, -0.05) is 24.3 Å². The zero-order valence-corrected chi connectivity index (χ0v) is 41.0. The number of alkyl halides is 3. The number of carbonyl (C=O) groups excluding carboxylic acids is 1. The summed E-state index contributed by atoms with van der Waals surface area (Å²) in [7, 11) is 5.07. The molecule has 14 nitrogen and oxygen atoms in total. The first-order valence-electron chi connectivity index (χ1n) is 24.0. The summed E-state index contributed by atoms with van der Waals surface area (Å²) >= 11 is 0. The minimum absolute atomic E-state index is 0.0344. The molecule has 378 valence electrons. The van der Waals surface area contributed by atoms with E-state index in [0.29, 0.717) is 48.7 Å². The quantitative estimate of drug-likeness (QED) is 0.117. The van der Waals surface area contributed by atoms with Gasteiger partial charge in [0.2, 0.25) is 5.88 Å². The molecule has 0 spiro atoms. The van der Waals surface area contributed by atoms with Crippen LogP contribution in [0.3, 0.4) is 0 Å². The van der Waals surface area contributed by atoms with E-state index in [4.69, 9.17) is 33.4 Å². The molecule has 4 saturated heterocycles. The highest BCUT2D eigenvalue weighted by Crippen LogP contribution is 2.50. The van der Waals surface area contributed by atoms with Gasteiger partial charge in [-0.2, -0.15) is 23.1 Å². The van der Waals surface area contributed by atoms with Crippen molar-refractivity contribution in [2.45, 2.75) is 109 Å². The molecule has 4 fully saturated rings. The molecule has 10 rings (SSSR count). The van der Waals surface area contributed by atoms with Gasteiger partial charge in [-0.25, -0.2) is 18.6 Å². The van der Waals surface area contributed by atoms with Gasteiger partial charge in [-0.15, -0.1) is 0 Å². The second kappa shape index (κ2) is 18.1. The number of fused-ring (bicyclic) bond motifs is 6. The number of rotatable bonds is 11. The Labute approximate surface area is 408 Å². The molecular formula is C52H58F5N7O7. The topological polar surface area (TPSA) is 124 Å². The number of benzene rings is 3. The SMILES string of the molecule is COc1ccc(CN(Cc2ccc(OC)cc2)c2cc(-c3nc4c5c(nc(OCC67CCN(C)C6COC7)nc5c3F)N3C[C@H]5CC[C@@H]([C@H]3[C@H](C)O4)N5C(=O)OC(C)(C)C)c(C(F)(F)F)c(C)c2F)cc1. The summed E-state index contributed by atoms with van der Waals surface area (Å²) in [6.07, 6.45) is -4.43. The number of pyridine rings is 1. The van der Waals surface area contributed by atoms with Crippen molar-refractivity contribution in [1.29, 1.82) is 0 Å². The molecule has 0 N–H and O–H groups in total.